The molecule has 0 radical (unpaired) electrons. The number of benzene rings is 1. The first kappa shape index (κ1) is 16.7. The van der Waals surface area contributed by atoms with Gasteiger partial charge in [-0.1, -0.05) is 18.2 Å². The lowest BCUT2D eigenvalue weighted by atomic mass is 10.1. The van der Waals surface area contributed by atoms with Gasteiger partial charge < -0.3 is 14.6 Å². The maximum Gasteiger partial charge on any atom is 0.258 e. The van der Waals surface area contributed by atoms with Crippen molar-refractivity contribution in [3.8, 4) is 0 Å². The molecule has 24 heavy (non-hydrogen) atoms. The fourth-order valence-electron chi connectivity index (χ4n) is 3.08. The number of hydrogen-bond donors (Lipinski definition) is 1. The average Bonchev–Trinajstić information content (AvgIpc) is 2.63. The number of pyridine rings is 1. The number of fused-ring (bicyclic) bond motifs is 1. The van der Waals surface area contributed by atoms with Gasteiger partial charge in [0.2, 0.25) is 0 Å². The van der Waals surface area contributed by atoms with Crippen molar-refractivity contribution in [1.29, 1.82) is 0 Å². The molecular formula is C18H23N3O3. The van der Waals surface area contributed by atoms with E-state index in [2.05, 4.69) is 17.1 Å². The van der Waals surface area contributed by atoms with Gasteiger partial charge in [0.25, 0.3) is 11.5 Å². The van der Waals surface area contributed by atoms with Gasteiger partial charge in [0.05, 0.1) is 18.8 Å². The summed E-state index contributed by atoms with van der Waals surface area (Å²) in [6, 6.07) is 7.47. The van der Waals surface area contributed by atoms with Crippen molar-refractivity contribution in [2.24, 2.45) is 7.05 Å². The van der Waals surface area contributed by atoms with Crippen molar-refractivity contribution in [3.05, 3.63) is 46.4 Å². The van der Waals surface area contributed by atoms with E-state index in [1.54, 1.807) is 19.3 Å². The number of aryl methyl sites for hydroxylation is 1. The van der Waals surface area contributed by atoms with Crippen LogP contribution in [-0.4, -0.2) is 54.3 Å². The maximum atomic E-state index is 12.6. The number of carbonyl (C=O) groups excluding carboxylic acids is 1. The van der Waals surface area contributed by atoms with Crippen LogP contribution in [0.2, 0.25) is 0 Å². The van der Waals surface area contributed by atoms with Crippen LogP contribution in [0.25, 0.3) is 10.8 Å². The predicted molar refractivity (Wildman–Crippen MR) is 93.4 cm³/mol. The fraction of sp³-hybridized carbons (Fsp3) is 0.444. The summed E-state index contributed by atoms with van der Waals surface area (Å²) in [5.41, 5.74) is 0.436. The zero-order chi connectivity index (χ0) is 17.1. The number of amides is 1. The highest BCUT2D eigenvalue weighted by Gasteiger charge is 2.19. The van der Waals surface area contributed by atoms with E-state index in [0.29, 0.717) is 22.9 Å². The number of aromatic nitrogens is 1. The second kappa shape index (κ2) is 7.15. The zero-order valence-corrected chi connectivity index (χ0v) is 14.1. The van der Waals surface area contributed by atoms with Crippen LogP contribution in [-0.2, 0) is 11.8 Å². The molecule has 1 fully saturated rings. The average molecular weight is 329 g/mol. The van der Waals surface area contributed by atoms with Crippen molar-refractivity contribution in [3.63, 3.8) is 0 Å². The third-order valence-electron chi connectivity index (χ3n) is 4.56. The lowest BCUT2D eigenvalue weighted by Gasteiger charge is -2.32. The summed E-state index contributed by atoms with van der Waals surface area (Å²) in [7, 11) is 1.67. The van der Waals surface area contributed by atoms with E-state index in [9.17, 15) is 9.59 Å². The van der Waals surface area contributed by atoms with Gasteiger partial charge in [0.15, 0.2) is 0 Å². The van der Waals surface area contributed by atoms with Crippen molar-refractivity contribution in [1.82, 2.24) is 14.8 Å². The van der Waals surface area contributed by atoms with Gasteiger partial charge in [0, 0.05) is 49.7 Å². The third kappa shape index (κ3) is 3.34. The minimum atomic E-state index is -0.151. The van der Waals surface area contributed by atoms with Crippen LogP contribution in [0.1, 0.15) is 17.3 Å². The summed E-state index contributed by atoms with van der Waals surface area (Å²) in [5.74, 6) is -0.151. The maximum absolute atomic E-state index is 12.6. The first-order valence-electron chi connectivity index (χ1n) is 8.26. The Labute approximate surface area is 141 Å². The minimum absolute atomic E-state index is 0.0937. The smallest absolute Gasteiger partial charge is 0.258 e. The van der Waals surface area contributed by atoms with Crippen LogP contribution in [0.15, 0.2) is 35.3 Å². The first-order valence-corrected chi connectivity index (χ1v) is 8.26. The molecule has 3 rings (SSSR count). The summed E-state index contributed by atoms with van der Waals surface area (Å²) >= 11 is 0. The lowest BCUT2D eigenvalue weighted by molar-refractivity contribution is 0.0204. The number of morpholine rings is 1. The number of nitrogens with zero attached hydrogens (tertiary/aromatic N) is 2. The number of ether oxygens (including phenoxy) is 1. The second-order valence-corrected chi connectivity index (χ2v) is 6.21. The molecule has 0 unspecified atom stereocenters. The highest BCUT2D eigenvalue weighted by molar-refractivity contribution is 6.06. The van der Waals surface area contributed by atoms with Crippen LogP contribution in [0.5, 0.6) is 0 Å². The minimum Gasteiger partial charge on any atom is -0.379 e. The molecule has 1 saturated heterocycles. The van der Waals surface area contributed by atoms with E-state index in [1.165, 1.54) is 4.57 Å². The topological polar surface area (TPSA) is 63.6 Å². The van der Waals surface area contributed by atoms with E-state index < -0.39 is 0 Å². The Bertz CT molecular complexity index is 794. The highest BCUT2D eigenvalue weighted by Crippen LogP contribution is 2.15. The van der Waals surface area contributed by atoms with Crippen LogP contribution < -0.4 is 10.9 Å². The Morgan fingerprint density at radius 3 is 2.62 bits per heavy atom. The van der Waals surface area contributed by atoms with Crippen LogP contribution in [0.3, 0.4) is 0 Å². The summed E-state index contributed by atoms with van der Waals surface area (Å²) in [5, 5.41) is 4.25. The van der Waals surface area contributed by atoms with E-state index >= 15 is 0 Å². The molecule has 1 N–H and O–H groups in total. The van der Waals surface area contributed by atoms with Crippen molar-refractivity contribution in [2.45, 2.75) is 13.0 Å². The van der Waals surface area contributed by atoms with Crippen molar-refractivity contribution < 1.29 is 9.53 Å². The fourth-order valence-corrected chi connectivity index (χ4v) is 3.08. The lowest BCUT2D eigenvalue weighted by Crippen LogP contribution is -2.47. The van der Waals surface area contributed by atoms with Crippen LogP contribution in [0.4, 0.5) is 0 Å². The largest absolute Gasteiger partial charge is 0.379 e. The molecule has 1 aromatic heterocycles. The van der Waals surface area contributed by atoms with Gasteiger partial charge in [-0.3, -0.25) is 14.5 Å². The summed E-state index contributed by atoms with van der Waals surface area (Å²) in [6.07, 6.45) is 1.61. The number of carbonyl (C=O) groups is 1. The molecule has 1 amide bonds. The van der Waals surface area contributed by atoms with Crippen LogP contribution in [0, 0.1) is 0 Å². The Kier molecular flexibility index (Phi) is 4.97. The quantitative estimate of drug-likeness (QED) is 0.909. The summed E-state index contributed by atoms with van der Waals surface area (Å²) < 4.78 is 6.82. The van der Waals surface area contributed by atoms with E-state index in [4.69, 9.17) is 4.74 Å². The molecule has 1 aromatic carbocycles. The first-order chi connectivity index (χ1) is 11.6. The number of rotatable bonds is 4. The molecular weight excluding hydrogens is 306 g/mol. The Hall–Kier alpha value is -2.18. The monoisotopic (exact) mass is 329 g/mol. The summed E-state index contributed by atoms with van der Waals surface area (Å²) in [6.45, 7) is 5.92. The Morgan fingerprint density at radius 2 is 1.92 bits per heavy atom. The van der Waals surface area contributed by atoms with E-state index in [1.807, 2.05) is 18.2 Å². The van der Waals surface area contributed by atoms with Gasteiger partial charge in [-0.05, 0) is 13.0 Å². The molecule has 0 aliphatic carbocycles. The van der Waals surface area contributed by atoms with Gasteiger partial charge in [-0.15, -0.1) is 0 Å². The standard InChI is InChI=1S/C18H23N3O3/c1-13(21-7-9-24-10-8-21)11-19-17(22)16-12-20(2)18(23)15-6-4-3-5-14(15)16/h3-6,12-13H,7-11H2,1-2H3,(H,19,22)/t13-/m1/s1. The number of hydrogen-bond acceptors (Lipinski definition) is 4. The van der Waals surface area contributed by atoms with E-state index in [-0.39, 0.29) is 17.5 Å². The molecule has 1 atom stereocenters. The third-order valence-corrected chi connectivity index (χ3v) is 4.56. The molecule has 1 aliphatic heterocycles. The van der Waals surface area contributed by atoms with Crippen molar-refractivity contribution >= 4 is 16.7 Å². The molecule has 0 saturated carbocycles. The normalized spacial score (nSPS) is 16.9. The molecule has 1 aliphatic rings. The molecule has 2 aromatic rings. The SMILES string of the molecule is C[C@H](CNC(=O)c1cn(C)c(=O)c2ccccc12)N1CCOCC1. The number of nitrogens with one attached hydrogen (secondary N) is 1. The van der Waals surface area contributed by atoms with Crippen molar-refractivity contribution in [2.75, 3.05) is 32.8 Å². The molecule has 2 heterocycles. The molecule has 0 bridgehead atoms. The van der Waals surface area contributed by atoms with Gasteiger partial charge >= 0.3 is 0 Å². The Morgan fingerprint density at radius 1 is 1.25 bits per heavy atom. The second-order valence-electron chi connectivity index (χ2n) is 6.21. The predicted octanol–water partition coefficient (Wildman–Crippen LogP) is 0.989. The van der Waals surface area contributed by atoms with E-state index in [0.717, 1.165) is 26.3 Å². The molecule has 0 spiro atoms. The summed E-state index contributed by atoms with van der Waals surface area (Å²) in [4.78, 5) is 27.1. The van der Waals surface area contributed by atoms with Gasteiger partial charge in [-0.2, -0.15) is 0 Å². The van der Waals surface area contributed by atoms with Gasteiger partial charge in [-0.25, -0.2) is 0 Å². The van der Waals surface area contributed by atoms with Gasteiger partial charge in [0.1, 0.15) is 0 Å². The Balaban J connectivity index is 1.77. The molecule has 6 heteroatoms. The highest BCUT2D eigenvalue weighted by atomic mass is 16.5. The van der Waals surface area contributed by atoms with Crippen LogP contribution >= 0.6 is 0 Å². The zero-order valence-electron chi connectivity index (χ0n) is 14.1. The molecule has 6 nitrogen and oxygen atoms in total. The molecule has 128 valence electrons.